The van der Waals surface area contributed by atoms with E-state index < -0.39 is 0 Å². The molecule has 2 aliphatic carbocycles. The number of anilines is 2. The maximum absolute atomic E-state index is 13.5. The second kappa shape index (κ2) is 14.2. The van der Waals surface area contributed by atoms with E-state index in [0.29, 0.717) is 11.5 Å². The molecule has 2 bridgehead atoms. The van der Waals surface area contributed by atoms with Gasteiger partial charge < -0.3 is 14.8 Å². The van der Waals surface area contributed by atoms with Gasteiger partial charge in [0.25, 0.3) is 0 Å². The summed E-state index contributed by atoms with van der Waals surface area (Å²) in [5, 5.41) is 17.5. The number of hydrogen-bond acceptors (Lipinski definition) is 11. The molecule has 0 amide bonds. The molecule has 1 N–H and O–H groups in total. The van der Waals surface area contributed by atoms with Gasteiger partial charge in [-0.1, -0.05) is 57.2 Å². The number of ether oxygens (including phenoxy) is 2. The topological polar surface area (TPSA) is 120 Å². The Balaban J connectivity index is 0.946. The van der Waals surface area contributed by atoms with Crippen LogP contribution in [-0.4, -0.2) is 85.7 Å². The van der Waals surface area contributed by atoms with Gasteiger partial charge in [-0.2, -0.15) is 5.10 Å². The van der Waals surface area contributed by atoms with Crippen LogP contribution >= 0.6 is 11.3 Å². The first-order chi connectivity index (χ1) is 25.8. The summed E-state index contributed by atoms with van der Waals surface area (Å²) in [7, 11) is 0. The van der Waals surface area contributed by atoms with E-state index >= 15 is 0 Å². The molecule has 5 aromatic rings. The first kappa shape index (κ1) is 36.9. The zero-order valence-corrected chi connectivity index (χ0v) is 33.3. The molecule has 5 heterocycles. The minimum atomic E-state index is -0.273. The SMILES string of the molecule is Cc1cc(C(=O)c2ccc(-c3cnn(CC4(C)CC5(C)CC(C)(C)CC(OCCN6CCOCC6)(C4)C5)c3C)cn2)nnc1Nc1nc2ccccc2s1. The number of pyridine rings is 1. The summed E-state index contributed by atoms with van der Waals surface area (Å²) in [5.74, 6) is 0.292. The largest absolute Gasteiger partial charge is 0.379 e. The Morgan fingerprint density at radius 1 is 0.944 bits per heavy atom. The molecule has 3 atom stereocenters. The van der Waals surface area contributed by atoms with Crippen molar-refractivity contribution in [2.45, 2.75) is 85.8 Å². The van der Waals surface area contributed by atoms with Gasteiger partial charge in [0.15, 0.2) is 10.9 Å². The van der Waals surface area contributed by atoms with Crippen molar-refractivity contribution >= 4 is 38.3 Å². The molecule has 11 nitrogen and oxygen atoms in total. The molecular weight excluding hydrogens is 697 g/mol. The Hall–Kier alpha value is -4.10. The van der Waals surface area contributed by atoms with Gasteiger partial charge >= 0.3 is 0 Å². The van der Waals surface area contributed by atoms with Crippen LogP contribution in [0.2, 0.25) is 0 Å². The number of thiazole rings is 1. The lowest BCUT2D eigenvalue weighted by Gasteiger charge is -2.61. The smallest absolute Gasteiger partial charge is 0.231 e. The molecule has 1 aromatic carbocycles. The second-order valence-electron chi connectivity index (χ2n) is 17.6. The third kappa shape index (κ3) is 7.71. The van der Waals surface area contributed by atoms with E-state index in [1.165, 1.54) is 6.42 Å². The number of hydrogen-bond donors (Lipinski definition) is 1. The summed E-state index contributed by atoms with van der Waals surface area (Å²) < 4.78 is 15.9. The van der Waals surface area contributed by atoms with Gasteiger partial charge in [0.1, 0.15) is 11.4 Å². The lowest BCUT2D eigenvalue weighted by Crippen LogP contribution is -2.57. The molecule has 3 unspecified atom stereocenters. The van der Waals surface area contributed by atoms with Crippen LogP contribution in [-0.2, 0) is 16.0 Å². The molecule has 3 aliphatic rings. The lowest BCUT2D eigenvalue weighted by molar-refractivity contribution is -0.195. The predicted molar refractivity (Wildman–Crippen MR) is 212 cm³/mol. The number of rotatable bonds is 11. The summed E-state index contributed by atoms with van der Waals surface area (Å²) >= 11 is 1.55. The maximum atomic E-state index is 13.5. The molecule has 1 aliphatic heterocycles. The van der Waals surface area contributed by atoms with Crippen LogP contribution in [0.15, 0.2) is 54.9 Å². The summed E-state index contributed by atoms with van der Waals surface area (Å²) in [6, 6.07) is 13.4. The normalized spacial score (nSPS) is 25.5. The van der Waals surface area contributed by atoms with E-state index in [2.05, 4.69) is 69.7 Å². The fraction of sp³-hybridized carbons (Fsp3) is 0.524. The number of nitrogens with zero attached hydrogens (tertiary/aromatic N) is 7. The molecule has 2 saturated carbocycles. The highest BCUT2D eigenvalue weighted by atomic mass is 32.1. The second-order valence-corrected chi connectivity index (χ2v) is 18.6. The van der Waals surface area contributed by atoms with Crippen LogP contribution in [0.3, 0.4) is 0 Å². The van der Waals surface area contributed by atoms with Gasteiger partial charge in [0, 0.05) is 49.2 Å². The first-order valence-electron chi connectivity index (χ1n) is 19.2. The fourth-order valence-electron chi connectivity index (χ4n) is 10.4. The van der Waals surface area contributed by atoms with Crippen LogP contribution in [0.5, 0.6) is 0 Å². The number of nitrogens with one attached hydrogen (secondary N) is 1. The lowest BCUT2D eigenvalue weighted by atomic mass is 9.48. The number of ketones is 1. The van der Waals surface area contributed by atoms with Crippen molar-refractivity contribution in [3.63, 3.8) is 0 Å². The monoisotopic (exact) mass is 748 g/mol. The van der Waals surface area contributed by atoms with Gasteiger partial charge in [0.2, 0.25) is 5.78 Å². The standard InChI is InChI=1S/C42H52N8O3S/c1-28-19-34(47-48-37(28)46-38-45-32-9-7-8-10-35(32)54-38)36(51)33-12-11-30(20-43-33)31-21-44-50(29(31)2)27-41(6)24-40(5)22-39(3,4)23-42(25-40,26-41)53-18-15-49-13-16-52-17-14-49/h7-12,19-21H,13-18,22-27H2,1-6H3,(H,45,46,48). The molecule has 0 radical (unpaired) electrons. The summed E-state index contributed by atoms with van der Waals surface area (Å²) in [6.07, 6.45) is 9.29. The average Bonchev–Trinajstić information content (AvgIpc) is 3.69. The molecule has 0 spiro atoms. The minimum Gasteiger partial charge on any atom is -0.379 e. The van der Waals surface area contributed by atoms with E-state index in [1.807, 2.05) is 43.5 Å². The number of benzene rings is 1. The fourth-order valence-corrected chi connectivity index (χ4v) is 11.3. The number of aromatic nitrogens is 6. The Bertz CT molecular complexity index is 2120. The van der Waals surface area contributed by atoms with Crippen LogP contribution in [0, 0.1) is 30.1 Å². The zero-order valence-electron chi connectivity index (χ0n) is 32.4. The quantitative estimate of drug-likeness (QED) is 0.133. The van der Waals surface area contributed by atoms with E-state index in [0.717, 1.165) is 109 Å². The van der Waals surface area contributed by atoms with E-state index in [9.17, 15) is 4.79 Å². The van der Waals surface area contributed by atoms with Crippen molar-refractivity contribution in [2.75, 3.05) is 44.8 Å². The zero-order chi connectivity index (χ0) is 37.7. The molecule has 12 heteroatoms. The Labute approximate surface area is 321 Å². The highest BCUT2D eigenvalue weighted by Crippen LogP contribution is 2.63. The highest BCUT2D eigenvalue weighted by molar-refractivity contribution is 7.22. The van der Waals surface area contributed by atoms with Gasteiger partial charge in [-0.05, 0) is 92.0 Å². The third-order valence-corrected chi connectivity index (χ3v) is 12.6. The number of carbonyl (C=O) groups excluding carboxylic acids is 1. The number of fused-ring (bicyclic) bond motifs is 3. The minimum absolute atomic E-state index is 0.0314. The van der Waals surface area contributed by atoms with Crippen molar-refractivity contribution in [1.82, 2.24) is 34.8 Å². The molecule has 1 saturated heterocycles. The number of aryl methyl sites for hydroxylation is 1. The molecule has 4 aromatic heterocycles. The van der Waals surface area contributed by atoms with Gasteiger partial charge in [0.05, 0.1) is 41.8 Å². The number of carbonyl (C=O) groups is 1. The third-order valence-electron chi connectivity index (χ3n) is 11.7. The van der Waals surface area contributed by atoms with Crippen molar-refractivity contribution in [3.05, 3.63) is 77.5 Å². The molecular formula is C42H52N8O3S. The Kier molecular flexibility index (Phi) is 9.69. The van der Waals surface area contributed by atoms with Crippen LogP contribution < -0.4 is 5.32 Å². The van der Waals surface area contributed by atoms with Crippen molar-refractivity contribution in [1.29, 1.82) is 0 Å². The van der Waals surface area contributed by atoms with E-state index in [4.69, 9.17) is 14.6 Å². The Morgan fingerprint density at radius 2 is 1.76 bits per heavy atom. The van der Waals surface area contributed by atoms with E-state index in [-0.39, 0.29) is 33.3 Å². The van der Waals surface area contributed by atoms with Crippen molar-refractivity contribution in [2.24, 2.45) is 16.2 Å². The number of para-hydroxylation sites is 1. The first-order valence-corrected chi connectivity index (χ1v) is 20.1. The average molecular weight is 749 g/mol. The van der Waals surface area contributed by atoms with Crippen molar-refractivity contribution in [3.8, 4) is 11.1 Å². The van der Waals surface area contributed by atoms with Crippen molar-refractivity contribution < 1.29 is 14.3 Å². The maximum Gasteiger partial charge on any atom is 0.231 e. The molecule has 8 rings (SSSR count). The molecule has 3 fully saturated rings. The summed E-state index contributed by atoms with van der Waals surface area (Å²) in [4.78, 5) is 25.1. The predicted octanol–water partition coefficient (Wildman–Crippen LogP) is 8.04. The van der Waals surface area contributed by atoms with Crippen LogP contribution in [0.1, 0.15) is 87.2 Å². The van der Waals surface area contributed by atoms with Gasteiger partial charge in [-0.15, -0.1) is 10.2 Å². The summed E-state index contributed by atoms with van der Waals surface area (Å²) in [6.45, 7) is 20.0. The van der Waals surface area contributed by atoms with Gasteiger partial charge in [-0.3, -0.25) is 19.4 Å². The number of morpholine rings is 1. The molecule has 284 valence electrons. The van der Waals surface area contributed by atoms with Crippen LogP contribution in [0.25, 0.3) is 21.3 Å². The summed E-state index contributed by atoms with van der Waals surface area (Å²) in [5.41, 5.74) is 5.67. The Morgan fingerprint density at radius 3 is 2.52 bits per heavy atom. The highest BCUT2D eigenvalue weighted by Gasteiger charge is 2.58. The van der Waals surface area contributed by atoms with E-state index in [1.54, 1.807) is 29.7 Å². The van der Waals surface area contributed by atoms with Gasteiger partial charge in [-0.25, -0.2) is 4.98 Å². The molecule has 54 heavy (non-hydrogen) atoms. The van der Waals surface area contributed by atoms with Crippen LogP contribution in [0.4, 0.5) is 10.9 Å².